The van der Waals surface area contributed by atoms with Crippen LogP contribution in [0.25, 0.3) is 0 Å². The maximum atomic E-state index is 12.0. The van der Waals surface area contributed by atoms with Gasteiger partial charge in [-0.25, -0.2) is 0 Å². The smallest absolute Gasteiger partial charge is 0.253 e. The van der Waals surface area contributed by atoms with Crippen molar-refractivity contribution in [3.8, 4) is 0 Å². The van der Waals surface area contributed by atoms with Gasteiger partial charge in [-0.3, -0.25) is 9.59 Å². The number of hydrogen-bond acceptors (Lipinski definition) is 3. The van der Waals surface area contributed by atoms with Gasteiger partial charge < -0.3 is 15.4 Å². The molecule has 0 aromatic heterocycles. The molecule has 5 nitrogen and oxygen atoms in total. The van der Waals surface area contributed by atoms with Crippen LogP contribution in [0.5, 0.6) is 0 Å². The highest BCUT2D eigenvalue weighted by Crippen LogP contribution is 2.12. The number of benzene rings is 1. The highest BCUT2D eigenvalue weighted by atomic mass is 16.5. The van der Waals surface area contributed by atoms with Crippen LogP contribution in [0, 0.1) is 0 Å². The summed E-state index contributed by atoms with van der Waals surface area (Å²) in [4.78, 5) is 24.0. The van der Waals surface area contributed by atoms with Gasteiger partial charge in [0.15, 0.2) is 0 Å². The Labute approximate surface area is 132 Å². The standard InChI is InChI=1S/C17H26N2O3/c1-6-14(22-7-2)16(21)18-13-10-8-12(9-11-13)15(20)19-17(3,4)5/h8-11,14H,6-7H2,1-5H3,(H,18,21)(H,19,20)/t14-/m0/s1. The molecule has 2 amide bonds. The van der Waals surface area contributed by atoms with Gasteiger partial charge >= 0.3 is 0 Å². The van der Waals surface area contributed by atoms with Crippen LogP contribution in [0.15, 0.2) is 24.3 Å². The molecule has 0 aliphatic carbocycles. The van der Waals surface area contributed by atoms with Crippen LogP contribution >= 0.6 is 0 Å². The van der Waals surface area contributed by atoms with Crippen LogP contribution < -0.4 is 10.6 Å². The van der Waals surface area contributed by atoms with E-state index in [1.165, 1.54) is 0 Å². The molecule has 0 aliphatic rings. The van der Waals surface area contributed by atoms with Crippen molar-refractivity contribution in [1.82, 2.24) is 5.32 Å². The molecular weight excluding hydrogens is 280 g/mol. The lowest BCUT2D eigenvalue weighted by atomic mass is 10.1. The molecular formula is C17H26N2O3. The second-order valence-electron chi connectivity index (χ2n) is 6.12. The van der Waals surface area contributed by atoms with Gasteiger partial charge in [0.1, 0.15) is 6.10 Å². The topological polar surface area (TPSA) is 67.4 Å². The van der Waals surface area contributed by atoms with Crippen molar-refractivity contribution >= 4 is 17.5 Å². The van der Waals surface area contributed by atoms with E-state index in [4.69, 9.17) is 4.74 Å². The predicted molar refractivity (Wildman–Crippen MR) is 88.0 cm³/mol. The molecule has 1 aromatic rings. The average molecular weight is 306 g/mol. The fraction of sp³-hybridized carbons (Fsp3) is 0.529. The first kappa shape index (κ1) is 18.2. The van der Waals surface area contributed by atoms with Crippen molar-refractivity contribution < 1.29 is 14.3 Å². The number of carbonyl (C=O) groups is 2. The van der Waals surface area contributed by atoms with Gasteiger partial charge in [-0.1, -0.05) is 6.92 Å². The molecule has 22 heavy (non-hydrogen) atoms. The van der Waals surface area contributed by atoms with Crippen LogP contribution in [-0.4, -0.2) is 30.1 Å². The Kier molecular flexibility index (Phi) is 6.56. The van der Waals surface area contributed by atoms with Gasteiger partial charge in [0, 0.05) is 23.4 Å². The quantitative estimate of drug-likeness (QED) is 0.849. The number of amides is 2. The fourth-order valence-corrected chi connectivity index (χ4v) is 1.92. The molecule has 1 aromatic carbocycles. The maximum Gasteiger partial charge on any atom is 0.253 e. The minimum absolute atomic E-state index is 0.133. The Bertz CT molecular complexity index is 504. The summed E-state index contributed by atoms with van der Waals surface area (Å²) >= 11 is 0. The molecule has 0 bridgehead atoms. The van der Waals surface area contributed by atoms with Crippen molar-refractivity contribution in [1.29, 1.82) is 0 Å². The Morgan fingerprint density at radius 3 is 2.18 bits per heavy atom. The molecule has 1 rings (SSSR count). The molecule has 0 unspecified atom stereocenters. The molecule has 5 heteroatoms. The van der Waals surface area contributed by atoms with Gasteiger partial charge in [-0.15, -0.1) is 0 Å². The number of nitrogens with one attached hydrogen (secondary N) is 2. The van der Waals surface area contributed by atoms with Gasteiger partial charge in [0.2, 0.25) is 0 Å². The second kappa shape index (κ2) is 7.94. The van der Waals surface area contributed by atoms with Gasteiger partial charge in [0.05, 0.1) is 0 Å². The second-order valence-corrected chi connectivity index (χ2v) is 6.12. The van der Waals surface area contributed by atoms with E-state index in [1.807, 2.05) is 34.6 Å². The van der Waals surface area contributed by atoms with Crippen LogP contribution in [0.2, 0.25) is 0 Å². The van der Waals surface area contributed by atoms with Crippen molar-refractivity contribution in [2.75, 3.05) is 11.9 Å². The number of ether oxygens (including phenoxy) is 1. The molecule has 122 valence electrons. The summed E-state index contributed by atoms with van der Waals surface area (Å²) in [6.07, 6.45) is 0.167. The molecule has 0 radical (unpaired) electrons. The summed E-state index contributed by atoms with van der Waals surface area (Å²) in [6, 6.07) is 6.82. The van der Waals surface area contributed by atoms with Crippen LogP contribution in [-0.2, 0) is 9.53 Å². The highest BCUT2D eigenvalue weighted by Gasteiger charge is 2.17. The zero-order chi connectivity index (χ0) is 16.8. The third kappa shape index (κ3) is 5.85. The molecule has 0 saturated carbocycles. The number of anilines is 1. The van der Waals surface area contributed by atoms with E-state index in [1.54, 1.807) is 24.3 Å². The Balaban J connectivity index is 2.69. The van der Waals surface area contributed by atoms with Gasteiger partial charge in [0.25, 0.3) is 11.8 Å². The van der Waals surface area contributed by atoms with Crippen molar-refractivity contribution in [2.45, 2.75) is 52.7 Å². The fourth-order valence-electron chi connectivity index (χ4n) is 1.92. The molecule has 0 spiro atoms. The normalized spacial score (nSPS) is 12.6. The van der Waals surface area contributed by atoms with Crippen LogP contribution in [0.4, 0.5) is 5.69 Å². The number of hydrogen-bond donors (Lipinski definition) is 2. The first-order chi connectivity index (χ1) is 10.3. The van der Waals surface area contributed by atoms with E-state index < -0.39 is 6.10 Å². The highest BCUT2D eigenvalue weighted by molar-refractivity contribution is 5.97. The van der Waals surface area contributed by atoms with E-state index in [2.05, 4.69) is 10.6 Å². The molecule has 2 N–H and O–H groups in total. The lowest BCUT2D eigenvalue weighted by Gasteiger charge is -2.20. The lowest BCUT2D eigenvalue weighted by Crippen LogP contribution is -2.40. The maximum absolute atomic E-state index is 12.0. The Morgan fingerprint density at radius 1 is 1.14 bits per heavy atom. The Morgan fingerprint density at radius 2 is 1.73 bits per heavy atom. The SMILES string of the molecule is CCO[C@@H](CC)C(=O)Nc1ccc(C(=O)NC(C)(C)C)cc1. The summed E-state index contributed by atoms with van der Waals surface area (Å²) in [5, 5.41) is 5.69. The summed E-state index contributed by atoms with van der Waals surface area (Å²) < 4.78 is 5.37. The number of carbonyl (C=O) groups excluding carboxylic acids is 2. The van der Waals surface area contributed by atoms with Crippen LogP contribution in [0.1, 0.15) is 51.4 Å². The summed E-state index contributed by atoms with van der Waals surface area (Å²) in [5.74, 6) is -0.303. The van der Waals surface area contributed by atoms with Crippen molar-refractivity contribution in [2.24, 2.45) is 0 Å². The summed E-state index contributed by atoms with van der Waals surface area (Å²) in [5.41, 5.74) is 0.927. The minimum Gasteiger partial charge on any atom is -0.369 e. The van der Waals surface area contributed by atoms with E-state index in [0.717, 1.165) is 0 Å². The Hall–Kier alpha value is -1.88. The van der Waals surface area contributed by atoms with Gasteiger partial charge in [-0.05, 0) is 58.4 Å². The monoisotopic (exact) mass is 306 g/mol. The third-order valence-corrected chi connectivity index (χ3v) is 2.93. The molecule has 1 atom stereocenters. The molecule has 0 heterocycles. The zero-order valence-electron chi connectivity index (χ0n) is 14.0. The van der Waals surface area contributed by atoms with Gasteiger partial charge in [-0.2, -0.15) is 0 Å². The van der Waals surface area contributed by atoms with E-state index >= 15 is 0 Å². The number of rotatable bonds is 6. The molecule has 0 saturated heterocycles. The molecule has 0 aliphatic heterocycles. The summed E-state index contributed by atoms with van der Waals surface area (Å²) in [6.45, 7) is 10.0. The van der Waals surface area contributed by atoms with Crippen LogP contribution in [0.3, 0.4) is 0 Å². The summed E-state index contributed by atoms with van der Waals surface area (Å²) in [7, 11) is 0. The first-order valence-corrected chi connectivity index (χ1v) is 7.62. The van der Waals surface area contributed by atoms with Crippen molar-refractivity contribution in [3.05, 3.63) is 29.8 Å². The van der Waals surface area contributed by atoms with Crippen molar-refractivity contribution in [3.63, 3.8) is 0 Å². The third-order valence-electron chi connectivity index (χ3n) is 2.93. The lowest BCUT2D eigenvalue weighted by molar-refractivity contribution is -0.127. The zero-order valence-corrected chi connectivity index (χ0v) is 14.0. The largest absolute Gasteiger partial charge is 0.369 e. The van der Waals surface area contributed by atoms with E-state index in [-0.39, 0.29) is 17.4 Å². The van der Waals surface area contributed by atoms with E-state index in [9.17, 15) is 9.59 Å². The average Bonchev–Trinajstić information content (AvgIpc) is 2.43. The first-order valence-electron chi connectivity index (χ1n) is 7.62. The van der Waals surface area contributed by atoms with E-state index in [0.29, 0.717) is 24.3 Å². The minimum atomic E-state index is -0.450. The predicted octanol–water partition coefficient (Wildman–Crippen LogP) is 2.97. The molecule has 0 fully saturated rings.